The molecule has 19 heavy (non-hydrogen) atoms. The van der Waals surface area contributed by atoms with Crippen molar-refractivity contribution in [2.45, 2.75) is 0 Å². The maximum atomic E-state index is 8.94. The number of rotatable bonds is 2. The Bertz CT molecular complexity index is 811. The van der Waals surface area contributed by atoms with E-state index in [0.717, 1.165) is 11.1 Å². The van der Waals surface area contributed by atoms with Crippen molar-refractivity contribution >= 4 is 18.1 Å². The molecule has 6 heteroatoms. The minimum Gasteiger partial charge on any atom is -0.245 e. The highest BCUT2D eigenvalue weighted by atomic mass is 15.2. The molecule has 3 rings (SSSR count). The van der Waals surface area contributed by atoms with E-state index in [4.69, 9.17) is 5.26 Å². The van der Waals surface area contributed by atoms with Crippen LogP contribution >= 0.6 is 0 Å². The number of aromatic nitrogens is 4. The summed E-state index contributed by atoms with van der Waals surface area (Å²) in [7, 11) is 0. The smallest absolute Gasteiger partial charge is 0.165 e. The van der Waals surface area contributed by atoms with Gasteiger partial charge in [-0.15, -0.1) is 0 Å². The summed E-state index contributed by atoms with van der Waals surface area (Å²) in [5.41, 5.74) is 2.09. The van der Waals surface area contributed by atoms with E-state index < -0.39 is 0 Å². The molecule has 0 saturated heterocycles. The number of hydrogen-bond acceptors (Lipinski definition) is 5. The van der Waals surface area contributed by atoms with E-state index in [2.05, 4.69) is 32.8 Å². The Kier molecular flexibility index (Phi) is 2.50. The zero-order chi connectivity index (χ0) is 13.2. The van der Waals surface area contributed by atoms with Gasteiger partial charge in [-0.05, 0) is 18.9 Å². The van der Waals surface area contributed by atoms with E-state index in [9.17, 15) is 0 Å². The van der Waals surface area contributed by atoms with Crippen molar-refractivity contribution < 1.29 is 0 Å². The highest BCUT2D eigenvalue weighted by Gasteiger charge is 2.10. The third kappa shape index (κ3) is 1.83. The van der Waals surface area contributed by atoms with Gasteiger partial charge in [0, 0.05) is 18.5 Å². The van der Waals surface area contributed by atoms with Crippen LogP contribution < -0.4 is 0 Å². The van der Waals surface area contributed by atoms with Gasteiger partial charge in [0.15, 0.2) is 11.6 Å². The van der Waals surface area contributed by atoms with E-state index >= 15 is 0 Å². The second-order valence-corrected chi connectivity index (χ2v) is 3.81. The lowest BCUT2D eigenvalue weighted by Crippen LogP contribution is -1.89. The number of pyridine rings is 1. The molecule has 0 bridgehead atoms. The van der Waals surface area contributed by atoms with Crippen LogP contribution in [0.4, 0.5) is 5.82 Å². The van der Waals surface area contributed by atoms with Crippen molar-refractivity contribution in [3.05, 3.63) is 42.4 Å². The molecule has 3 heterocycles. The molecule has 3 aromatic rings. The van der Waals surface area contributed by atoms with E-state index in [-0.39, 0.29) is 0 Å². The Labute approximate surface area is 108 Å². The molecule has 0 spiro atoms. The number of fused-ring (bicyclic) bond motifs is 1. The van der Waals surface area contributed by atoms with Crippen molar-refractivity contribution in [3.8, 4) is 17.5 Å². The molecule has 0 aliphatic rings. The number of nitriles is 1. The van der Waals surface area contributed by atoms with E-state index in [1.165, 1.54) is 0 Å². The molecule has 0 amide bonds. The molecule has 0 aliphatic heterocycles. The second-order valence-electron chi connectivity index (χ2n) is 3.81. The molecule has 0 radical (unpaired) electrons. The van der Waals surface area contributed by atoms with Gasteiger partial charge < -0.3 is 0 Å². The lowest BCUT2D eigenvalue weighted by Gasteiger charge is -1.99. The molecule has 0 aromatic carbocycles. The van der Waals surface area contributed by atoms with Crippen LogP contribution in [0.15, 0.2) is 41.8 Å². The van der Waals surface area contributed by atoms with Crippen LogP contribution in [0.5, 0.6) is 0 Å². The van der Waals surface area contributed by atoms with Crippen molar-refractivity contribution in [1.29, 1.82) is 5.26 Å². The van der Waals surface area contributed by atoms with Crippen LogP contribution in [0, 0.1) is 11.3 Å². The zero-order valence-corrected chi connectivity index (χ0v) is 9.85. The van der Waals surface area contributed by atoms with Gasteiger partial charge in [0.05, 0.1) is 28.9 Å². The zero-order valence-electron chi connectivity index (χ0n) is 9.85. The van der Waals surface area contributed by atoms with Gasteiger partial charge in [-0.25, -0.2) is 19.5 Å². The fraction of sp³-hybridized carbons (Fsp3) is 0. The van der Waals surface area contributed by atoms with Gasteiger partial charge in [-0.3, -0.25) is 0 Å². The van der Waals surface area contributed by atoms with Gasteiger partial charge in [-0.2, -0.15) is 10.4 Å². The minimum atomic E-state index is 0.501. The van der Waals surface area contributed by atoms with Gasteiger partial charge in [0.1, 0.15) is 0 Å². The molecule has 3 aromatic heterocycles. The highest BCUT2D eigenvalue weighted by Crippen LogP contribution is 2.23. The molecular weight excluding hydrogens is 240 g/mol. The van der Waals surface area contributed by atoms with Crippen molar-refractivity contribution in [3.63, 3.8) is 0 Å². The van der Waals surface area contributed by atoms with E-state index in [1.807, 2.05) is 0 Å². The van der Waals surface area contributed by atoms with Crippen LogP contribution in [0.1, 0.15) is 5.56 Å². The monoisotopic (exact) mass is 248 g/mol. The molecule has 0 fully saturated rings. The van der Waals surface area contributed by atoms with Gasteiger partial charge in [0.25, 0.3) is 0 Å². The standard InChI is InChI=1S/C13H8N6/c1-15-12-2-4-16-13(18-12)10-8-17-19-5-3-9(7-14)6-11(10)19/h2-6,8H,1H2. The van der Waals surface area contributed by atoms with Crippen LogP contribution in [0.2, 0.25) is 0 Å². The van der Waals surface area contributed by atoms with E-state index in [0.29, 0.717) is 17.2 Å². The number of hydrogen-bond donors (Lipinski definition) is 0. The highest BCUT2D eigenvalue weighted by molar-refractivity contribution is 5.76. The second kappa shape index (κ2) is 4.31. The Morgan fingerprint density at radius 1 is 1.37 bits per heavy atom. The maximum Gasteiger partial charge on any atom is 0.165 e. The molecule has 0 N–H and O–H groups in total. The van der Waals surface area contributed by atoms with E-state index in [1.54, 1.807) is 41.3 Å². The van der Waals surface area contributed by atoms with Crippen molar-refractivity contribution in [2.24, 2.45) is 4.99 Å². The average Bonchev–Trinajstić information content (AvgIpc) is 2.90. The quantitative estimate of drug-likeness (QED) is 0.649. The summed E-state index contributed by atoms with van der Waals surface area (Å²) in [6.07, 6.45) is 5.01. The molecular formula is C13H8N6. The number of aliphatic imine (C=N–C) groups is 1. The summed E-state index contributed by atoms with van der Waals surface area (Å²) in [5, 5.41) is 13.2. The Hall–Kier alpha value is -3.07. The molecule has 0 atom stereocenters. The first-order valence-corrected chi connectivity index (χ1v) is 5.49. The van der Waals surface area contributed by atoms with Gasteiger partial charge >= 0.3 is 0 Å². The minimum absolute atomic E-state index is 0.501. The Morgan fingerprint density at radius 3 is 3.05 bits per heavy atom. The Balaban J connectivity index is 2.24. The molecule has 0 unspecified atom stereocenters. The van der Waals surface area contributed by atoms with Gasteiger partial charge in [-0.1, -0.05) is 0 Å². The van der Waals surface area contributed by atoms with Crippen LogP contribution in [-0.4, -0.2) is 26.3 Å². The molecule has 90 valence electrons. The lowest BCUT2D eigenvalue weighted by molar-refractivity contribution is 0.960. The third-order valence-electron chi connectivity index (χ3n) is 2.69. The fourth-order valence-electron chi connectivity index (χ4n) is 1.79. The Morgan fingerprint density at radius 2 is 2.26 bits per heavy atom. The summed E-state index contributed by atoms with van der Waals surface area (Å²) >= 11 is 0. The first-order chi connectivity index (χ1) is 9.31. The first kappa shape index (κ1) is 11.0. The maximum absolute atomic E-state index is 8.94. The van der Waals surface area contributed by atoms with Crippen molar-refractivity contribution in [2.75, 3.05) is 0 Å². The molecule has 0 aliphatic carbocycles. The number of nitrogens with zero attached hydrogens (tertiary/aromatic N) is 6. The molecule has 0 saturated carbocycles. The van der Waals surface area contributed by atoms with Crippen LogP contribution in [0.3, 0.4) is 0 Å². The summed E-state index contributed by atoms with van der Waals surface area (Å²) < 4.78 is 1.67. The van der Waals surface area contributed by atoms with Crippen LogP contribution in [-0.2, 0) is 0 Å². The predicted octanol–water partition coefficient (Wildman–Crippen LogP) is 2.00. The predicted molar refractivity (Wildman–Crippen MR) is 70.1 cm³/mol. The van der Waals surface area contributed by atoms with Gasteiger partial charge in [0.2, 0.25) is 0 Å². The molecule has 6 nitrogen and oxygen atoms in total. The topological polar surface area (TPSA) is 79.2 Å². The normalized spacial score (nSPS) is 10.3. The van der Waals surface area contributed by atoms with Crippen molar-refractivity contribution in [1.82, 2.24) is 19.6 Å². The summed E-state index contributed by atoms with van der Waals surface area (Å²) in [5.74, 6) is 1.01. The summed E-state index contributed by atoms with van der Waals surface area (Å²) in [6.45, 7) is 3.44. The first-order valence-electron chi connectivity index (χ1n) is 5.49. The van der Waals surface area contributed by atoms with Crippen LogP contribution in [0.25, 0.3) is 16.9 Å². The lowest BCUT2D eigenvalue weighted by atomic mass is 10.2. The average molecular weight is 248 g/mol. The summed E-state index contributed by atoms with van der Waals surface area (Å²) in [6, 6.07) is 7.22. The fourth-order valence-corrected chi connectivity index (χ4v) is 1.79. The SMILES string of the molecule is C=Nc1ccnc(-c2cnn3ccc(C#N)cc23)n1. The third-order valence-corrected chi connectivity index (χ3v) is 2.69. The summed E-state index contributed by atoms with van der Waals surface area (Å²) in [4.78, 5) is 12.2. The largest absolute Gasteiger partial charge is 0.245 e.